The van der Waals surface area contributed by atoms with Crippen molar-refractivity contribution >= 4 is 44.7 Å². The smallest absolute Gasteiger partial charge is 0.261 e. The van der Waals surface area contributed by atoms with E-state index in [4.69, 9.17) is 0 Å². The number of piperidine rings is 3. The van der Waals surface area contributed by atoms with Gasteiger partial charge in [0.05, 0.1) is 21.0 Å². The second-order valence-electron chi connectivity index (χ2n) is 7.70. The lowest BCUT2D eigenvalue weighted by Crippen LogP contribution is -2.62. The van der Waals surface area contributed by atoms with E-state index < -0.39 is 10.0 Å². The van der Waals surface area contributed by atoms with Crippen LogP contribution in [-0.2, 0) is 10.0 Å². The Morgan fingerprint density at radius 3 is 2.59 bits per heavy atom. The van der Waals surface area contributed by atoms with Gasteiger partial charge >= 0.3 is 0 Å². The van der Waals surface area contributed by atoms with Crippen LogP contribution in [0.1, 0.15) is 29.4 Å². The van der Waals surface area contributed by atoms with Crippen LogP contribution in [0.5, 0.6) is 0 Å². The topological polar surface area (TPSA) is 78.5 Å². The number of para-hydroxylation sites is 1. The van der Waals surface area contributed by atoms with Gasteiger partial charge in [0, 0.05) is 17.0 Å². The van der Waals surface area contributed by atoms with Crippen molar-refractivity contribution < 1.29 is 13.2 Å². The summed E-state index contributed by atoms with van der Waals surface area (Å²) in [6.45, 7) is 4.48. The molecule has 0 unspecified atom stereocenters. The van der Waals surface area contributed by atoms with Crippen molar-refractivity contribution in [2.24, 2.45) is 5.92 Å². The van der Waals surface area contributed by atoms with E-state index in [0.717, 1.165) is 41.3 Å². The molecular weight excluding hydrogens is 426 g/mol. The fourth-order valence-corrected chi connectivity index (χ4v) is 6.93. The summed E-state index contributed by atoms with van der Waals surface area (Å²) < 4.78 is 26.7. The number of hydrogen-bond acceptors (Lipinski definition) is 6. The molecule has 156 valence electrons. The summed E-state index contributed by atoms with van der Waals surface area (Å²) in [7, 11) is -3.35. The van der Waals surface area contributed by atoms with Crippen LogP contribution in [0.2, 0.25) is 0 Å². The molecule has 2 bridgehead atoms. The molecule has 3 aliphatic rings. The van der Waals surface area contributed by atoms with Gasteiger partial charge in [-0.1, -0.05) is 23.9 Å². The minimum Gasteiger partial charge on any atom is -0.347 e. The summed E-state index contributed by atoms with van der Waals surface area (Å²) in [5.41, 5.74) is 0.542. The highest BCUT2D eigenvalue weighted by Crippen LogP contribution is 2.38. The number of nitrogens with zero attached hydrogens (tertiary/aromatic N) is 1. The molecule has 29 heavy (non-hydrogen) atoms. The average Bonchev–Trinajstić information content (AvgIpc) is 3.14. The molecule has 6 nitrogen and oxygen atoms in total. The summed E-state index contributed by atoms with van der Waals surface area (Å²) in [4.78, 5) is 16.8. The predicted octanol–water partition coefficient (Wildman–Crippen LogP) is 3.48. The van der Waals surface area contributed by atoms with E-state index >= 15 is 0 Å². The summed E-state index contributed by atoms with van der Waals surface area (Å²) >= 11 is 2.89. The zero-order chi connectivity index (χ0) is 20.6. The first-order chi connectivity index (χ1) is 13.8. The van der Waals surface area contributed by atoms with Crippen LogP contribution in [-0.4, -0.2) is 50.7 Å². The minimum absolute atomic E-state index is 0.0185. The Balaban J connectivity index is 1.45. The molecule has 0 saturated carbocycles. The fraction of sp³-hybridized carbons (Fsp3) is 0.450. The number of fused-ring (bicyclic) bond motifs is 3. The number of rotatable bonds is 6. The monoisotopic (exact) mass is 451 g/mol. The molecule has 1 amide bonds. The molecule has 0 spiro atoms. The van der Waals surface area contributed by atoms with E-state index in [-0.39, 0.29) is 11.9 Å². The zero-order valence-corrected chi connectivity index (χ0v) is 18.9. The molecular formula is C20H25N3O3S3. The third-order valence-corrected chi connectivity index (χ3v) is 8.56. The molecule has 3 saturated heterocycles. The number of carbonyl (C=O) groups is 1. The molecule has 5 rings (SSSR count). The highest BCUT2D eigenvalue weighted by molar-refractivity contribution is 8.01. The summed E-state index contributed by atoms with van der Waals surface area (Å²) in [6, 6.07) is 11.6. The number of hydrogen-bond donors (Lipinski definition) is 2. The SMILES string of the molecule is C[C@H]1[C@H](NC(=O)c2ccc(Sc3ccccc3NS(C)(=O)=O)s2)C2CCN1CC2. The van der Waals surface area contributed by atoms with Gasteiger partial charge in [0.25, 0.3) is 5.91 Å². The summed E-state index contributed by atoms with van der Waals surface area (Å²) in [5, 5.41) is 3.26. The molecule has 3 aliphatic heterocycles. The Labute approximate surface area is 180 Å². The van der Waals surface area contributed by atoms with Gasteiger partial charge in [-0.2, -0.15) is 0 Å². The van der Waals surface area contributed by atoms with Crippen molar-refractivity contribution in [1.82, 2.24) is 10.2 Å². The largest absolute Gasteiger partial charge is 0.347 e. The fourth-order valence-electron chi connectivity index (χ4n) is 4.21. The molecule has 0 radical (unpaired) electrons. The zero-order valence-electron chi connectivity index (χ0n) is 16.4. The third-order valence-electron chi connectivity index (χ3n) is 5.67. The van der Waals surface area contributed by atoms with Crippen molar-refractivity contribution in [1.29, 1.82) is 0 Å². The number of anilines is 1. The highest BCUT2D eigenvalue weighted by atomic mass is 32.2. The van der Waals surface area contributed by atoms with Gasteiger partial charge < -0.3 is 5.32 Å². The minimum atomic E-state index is -3.35. The van der Waals surface area contributed by atoms with Crippen LogP contribution in [0, 0.1) is 5.92 Å². The van der Waals surface area contributed by atoms with Gasteiger partial charge in [-0.05, 0) is 63.0 Å². The van der Waals surface area contributed by atoms with E-state index in [9.17, 15) is 13.2 Å². The lowest BCUT2D eigenvalue weighted by atomic mass is 9.79. The van der Waals surface area contributed by atoms with Crippen LogP contribution in [0.3, 0.4) is 0 Å². The highest BCUT2D eigenvalue weighted by Gasteiger charge is 2.40. The van der Waals surface area contributed by atoms with Crippen molar-refractivity contribution in [3.8, 4) is 0 Å². The van der Waals surface area contributed by atoms with Crippen LogP contribution in [0.15, 0.2) is 45.5 Å². The first-order valence-corrected chi connectivity index (χ1v) is 13.2. The van der Waals surface area contributed by atoms with Crippen LogP contribution >= 0.6 is 23.1 Å². The van der Waals surface area contributed by atoms with Gasteiger partial charge in [-0.25, -0.2) is 8.42 Å². The number of amides is 1. The van der Waals surface area contributed by atoms with Gasteiger partial charge in [-0.15, -0.1) is 11.3 Å². The number of carbonyl (C=O) groups excluding carboxylic acids is 1. The molecule has 2 atom stereocenters. The average molecular weight is 452 g/mol. The van der Waals surface area contributed by atoms with Crippen LogP contribution < -0.4 is 10.0 Å². The third kappa shape index (κ3) is 4.79. The van der Waals surface area contributed by atoms with Crippen molar-refractivity contribution in [2.75, 3.05) is 24.1 Å². The van der Waals surface area contributed by atoms with E-state index in [1.807, 2.05) is 24.3 Å². The van der Waals surface area contributed by atoms with Crippen LogP contribution in [0.25, 0.3) is 0 Å². The molecule has 2 N–H and O–H groups in total. The standard InChI is InChI=1S/C20H25N3O3S3/c1-13-19(14-9-11-23(13)12-10-14)21-20(24)17-7-8-18(28-17)27-16-6-4-3-5-15(16)22-29(2,25)26/h3-8,13-14,19,22H,9-12H2,1-2H3,(H,21,24)/t13-,19-/m0/s1. The Morgan fingerprint density at radius 2 is 1.90 bits per heavy atom. The van der Waals surface area contributed by atoms with E-state index in [1.54, 1.807) is 12.1 Å². The first-order valence-electron chi connectivity index (χ1n) is 9.69. The van der Waals surface area contributed by atoms with E-state index in [1.165, 1.54) is 23.1 Å². The number of thiophene rings is 1. The molecule has 3 fully saturated rings. The number of benzene rings is 1. The maximum atomic E-state index is 12.8. The maximum absolute atomic E-state index is 12.8. The second-order valence-corrected chi connectivity index (χ2v) is 11.9. The van der Waals surface area contributed by atoms with Crippen molar-refractivity contribution in [2.45, 2.75) is 41.0 Å². The van der Waals surface area contributed by atoms with Gasteiger partial charge in [0.1, 0.15) is 0 Å². The molecule has 2 aromatic rings. The normalized spacial score (nSPS) is 26.3. The Morgan fingerprint density at radius 1 is 1.17 bits per heavy atom. The molecule has 0 aliphatic carbocycles. The Kier molecular flexibility index (Phi) is 5.92. The molecule has 1 aromatic heterocycles. The van der Waals surface area contributed by atoms with Crippen molar-refractivity contribution in [3.63, 3.8) is 0 Å². The maximum Gasteiger partial charge on any atom is 0.261 e. The van der Waals surface area contributed by atoms with Gasteiger partial charge in [0.2, 0.25) is 10.0 Å². The summed E-state index contributed by atoms with van der Waals surface area (Å²) in [6.07, 6.45) is 3.45. The Bertz CT molecular complexity index is 995. The lowest BCUT2D eigenvalue weighted by molar-refractivity contribution is 0.0218. The molecule has 9 heteroatoms. The van der Waals surface area contributed by atoms with Crippen LogP contribution in [0.4, 0.5) is 5.69 Å². The first kappa shape index (κ1) is 20.7. The quantitative estimate of drug-likeness (QED) is 0.703. The molecule has 4 heterocycles. The van der Waals surface area contributed by atoms with E-state index in [0.29, 0.717) is 22.5 Å². The van der Waals surface area contributed by atoms with Gasteiger partial charge in [-0.3, -0.25) is 14.4 Å². The second kappa shape index (κ2) is 8.29. The van der Waals surface area contributed by atoms with Gasteiger partial charge in [0.15, 0.2) is 0 Å². The predicted molar refractivity (Wildman–Crippen MR) is 118 cm³/mol. The van der Waals surface area contributed by atoms with E-state index in [2.05, 4.69) is 21.9 Å². The lowest BCUT2D eigenvalue weighted by Gasteiger charge is -2.49. The Hall–Kier alpha value is -1.55. The summed E-state index contributed by atoms with van der Waals surface area (Å²) in [5.74, 6) is 0.552. The number of nitrogens with one attached hydrogen (secondary N) is 2. The molecule has 1 aromatic carbocycles. The number of sulfonamides is 1. The van der Waals surface area contributed by atoms with Crippen molar-refractivity contribution in [3.05, 3.63) is 41.3 Å².